The van der Waals surface area contributed by atoms with Crippen LogP contribution < -0.4 is 19.9 Å². The van der Waals surface area contributed by atoms with Gasteiger partial charge in [-0.1, -0.05) is 17.7 Å². The third-order valence-corrected chi connectivity index (χ3v) is 5.73. The zero-order chi connectivity index (χ0) is 20.4. The van der Waals surface area contributed by atoms with E-state index in [4.69, 9.17) is 16.3 Å². The van der Waals surface area contributed by atoms with E-state index in [1.54, 1.807) is 30.2 Å². The summed E-state index contributed by atoms with van der Waals surface area (Å²) < 4.78 is 5.45. The minimum Gasteiger partial charge on any atom is -0.495 e. The Kier molecular flexibility index (Phi) is 5.62. The fraction of sp³-hybridized carbons (Fsp3) is 0.364. The molecule has 2 saturated heterocycles. The molecule has 2 aromatic rings. The van der Waals surface area contributed by atoms with Crippen molar-refractivity contribution in [1.29, 1.82) is 0 Å². The number of ether oxygens (including phenoxy) is 1. The van der Waals surface area contributed by atoms with Gasteiger partial charge in [-0.05, 0) is 49.2 Å². The number of hydrogen-bond acceptors (Lipinski definition) is 4. The lowest BCUT2D eigenvalue weighted by Crippen LogP contribution is -2.37. The highest BCUT2D eigenvalue weighted by atomic mass is 35.5. The van der Waals surface area contributed by atoms with Gasteiger partial charge in [-0.2, -0.15) is 0 Å². The van der Waals surface area contributed by atoms with Crippen LogP contribution in [0.1, 0.15) is 29.6 Å². The molecule has 7 heteroatoms. The number of anilines is 2. The number of carbonyl (C=O) groups is 2. The van der Waals surface area contributed by atoms with E-state index in [2.05, 4.69) is 10.2 Å². The van der Waals surface area contributed by atoms with Crippen molar-refractivity contribution in [1.82, 2.24) is 5.32 Å². The summed E-state index contributed by atoms with van der Waals surface area (Å²) in [5.41, 5.74) is 2.30. The average Bonchev–Trinajstić information content (AvgIpc) is 3.37. The molecule has 4 rings (SSSR count). The molecule has 2 heterocycles. The van der Waals surface area contributed by atoms with Crippen molar-refractivity contribution in [3.8, 4) is 5.75 Å². The van der Waals surface area contributed by atoms with E-state index in [1.165, 1.54) is 0 Å². The molecule has 2 aliphatic rings. The van der Waals surface area contributed by atoms with Gasteiger partial charge in [0, 0.05) is 48.4 Å². The Labute approximate surface area is 175 Å². The number of amides is 2. The first kappa shape index (κ1) is 19.6. The lowest BCUT2D eigenvalue weighted by molar-refractivity contribution is -0.117. The zero-order valence-electron chi connectivity index (χ0n) is 16.4. The molecule has 0 aliphatic carbocycles. The van der Waals surface area contributed by atoms with E-state index in [-0.39, 0.29) is 17.9 Å². The molecule has 1 N–H and O–H groups in total. The summed E-state index contributed by atoms with van der Waals surface area (Å²) in [5.74, 6) is 0.761. The lowest BCUT2D eigenvalue weighted by Gasteiger charge is -2.22. The molecule has 0 aromatic heterocycles. The predicted molar refractivity (Wildman–Crippen MR) is 114 cm³/mol. The molecule has 0 unspecified atom stereocenters. The van der Waals surface area contributed by atoms with Crippen LogP contribution in [0.4, 0.5) is 11.4 Å². The lowest BCUT2D eigenvalue weighted by atomic mass is 10.1. The fourth-order valence-corrected chi connectivity index (χ4v) is 4.18. The van der Waals surface area contributed by atoms with Gasteiger partial charge in [-0.3, -0.25) is 9.59 Å². The predicted octanol–water partition coefficient (Wildman–Crippen LogP) is 3.48. The summed E-state index contributed by atoms with van der Waals surface area (Å²) >= 11 is 6.15. The third kappa shape index (κ3) is 4.17. The average molecular weight is 414 g/mol. The van der Waals surface area contributed by atoms with Gasteiger partial charge < -0.3 is 19.9 Å². The Morgan fingerprint density at radius 3 is 2.83 bits per heavy atom. The van der Waals surface area contributed by atoms with Crippen LogP contribution in [-0.2, 0) is 4.79 Å². The minimum atomic E-state index is -0.122. The summed E-state index contributed by atoms with van der Waals surface area (Å²) in [6, 6.07) is 12.9. The van der Waals surface area contributed by atoms with E-state index >= 15 is 0 Å². The first-order valence-corrected chi connectivity index (χ1v) is 10.2. The molecule has 152 valence electrons. The highest BCUT2D eigenvalue weighted by Gasteiger charge is 2.27. The van der Waals surface area contributed by atoms with Crippen molar-refractivity contribution in [2.24, 2.45) is 0 Å². The van der Waals surface area contributed by atoms with E-state index < -0.39 is 0 Å². The molecule has 2 amide bonds. The van der Waals surface area contributed by atoms with Gasteiger partial charge in [-0.15, -0.1) is 0 Å². The molecule has 2 aromatic carbocycles. The SMILES string of the molecule is COc1ccc(Cl)cc1N1CC[C@@H](NC(=O)c2cccc(N3CCCC3=O)c2)C1. The van der Waals surface area contributed by atoms with Crippen LogP contribution in [-0.4, -0.2) is 44.6 Å². The number of nitrogens with zero attached hydrogens (tertiary/aromatic N) is 2. The highest BCUT2D eigenvalue weighted by molar-refractivity contribution is 6.31. The molecule has 0 saturated carbocycles. The molecule has 2 aliphatic heterocycles. The smallest absolute Gasteiger partial charge is 0.251 e. The first-order chi connectivity index (χ1) is 14.0. The van der Waals surface area contributed by atoms with Crippen LogP contribution in [0.15, 0.2) is 42.5 Å². The van der Waals surface area contributed by atoms with Crippen LogP contribution in [0.5, 0.6) is 5.75 Å². The number of methoxy groups -OCH3 is 1. The van der Waals surface area contributed by atoms with Crippen molar-refractivity contribution in [2.45, 2.75) is 25.3 Å². The second-order valence-electron chi connectivity index (χ2n) is 7.42. The van der Waals surface area contributed by atoms with Crippen LogP contribution in [0.25, 0.3) is 0 Å². The monoisotopic (exact) mass is 413 g/mol. The molecule has 0 radical (unpaired) electrons. The summed E-state index contributed by atoms with van der Waals surface area (Å²) in [6.45, 7) is 2.21. The van der Waals surface area contributed by atoms with Gasteiger partial charge in [0.25, 0.3) is 5.91 Å². The number of carbonyl (C=O) groups excluding carboxylic acids is 2. The van der Waals surface area contributed by atoms with Gasteiger partial charge >= 0.3 is 0 Å². The Balaban J connectivity index is 1.42. The van der Waals surface area contributed by atoms with E-state index in [0.29, 0.717) is 30.1 Å². The number of nitrogens with one attached hydrogen (secondary N) is 1. The Morgan fingerprint density at radius 2 is 2.07 bits per heavy atom. The first-order valence-electron chi connectivity index (χ1n) is 9.85. The van der Waals surface area contributed by atoms with Crippen molar-refractivity contribution >= 4 is 34.8 Å². The number of rotatable bonds is 5. The maximum atomic E-state index is 12.8. The second-order valence-corrected chi connectivity index (χ2v) is 7.86. The van der Waals surface area contributed by atoms with Crippen molar-refractivity contribution in [3.05, 3.63) is 53.1 Å². The van der Waals surface area contributed by atoms with Crippen molar-refractivity contribution < 1.29 is 14.3 Å². The molecule has 6 nitrogen and oxygen atoms in total. The fourth-order valence-electron chi connectivity index (χ4n) is 4.01. The summed E-state index contributed by atoms with van der Waals surface area (Å²) in [5, 5.41) is 3.77. The van der Waals surface area contributed by atoms with Gasteiger partial charge in [-0.25, -0.2) is 0 Å². The van der Waals surface area contributed by atoms with Crippen LogP contribution in [0, 0.1) is 0 Å². The summed E-state index contributed by atoms with van der Waals surface area (Å²) in [6.07, 6.45) is 2.27. The number of halogens is 1. The van der Waals surface area contributed by atoms with Gasteiger partial charge in [0.15, 0.2) is 0 Å². The van der Waals surface area contributed by atoms with Gasteiger partial charge in [0.1, 0.15) is 5.75 Å². The molecule has 0 spiro atoms. The van der Waals surface area contributed by atoms with Crippen molar-refractivity contribution in [2.75, 3.05) is 36.5 Å². The zero-order valence-corrected chi connectivity index (χ0v) is 17.1. The Bertz CT molecular complexity index is 933. The number of benzene rings is 2. The van der Waals surface area contributed by atoms with Crippen LogP contribution in [0.2, 0.25) is 5.02 Å². The maximum Gasteiger partial charge on any atom is 0.251 e. The van der Waals surface area contributed by atoms with E-state index in [0.717, 1.165) is 36.5 Å². The highest BCUT2D eigenvalue weighted by Crippen LogP contribution is 2.33. The molecular weight excluding hydrogens is 390 g/mol. The topological polar surface area (TPSA) is 61.9 Å². The molecule has 1 atom stereocenters. The third-order valence-electron chi connectivity index (χ3n) is 5.50. The maximum absolute atomic E-state index is 12.8. The Hall–Kier alpha value is -2.73. The van der Waals surface area contributed by atoms with Gasteiger partial charge in [0.05, 0.1) is 12.8 Å². The molecule has 2 fully saturated rings. The standard InChI is InChI=1S/C22H24ClN3O3/c1-29-20-8-7-16(23)13-19(20)25-11-9-17(14-25)24-22(28)15-4-2-5-18(12-15)26-10-3-6-21(26)27/h2,4-5,7-8,12-13,17H,3,6,9-11,14H2,1H3,(H,24,28)/t17-/m1/s1. The van der Waals surface area contributed by atoms with Crippen LogP contribution in [0.3, 0.4) is 0 Å². The molecule has 0 bridgehead atoms. The molecular formula is C22H24ClN3O3. The normalized spacial score (nSPS) is 19.0. The summed E-state index contributed by atoms with van der Waals surface area (Å²) in [4.78, 5) is 28.7. The number of hydrogen-bond donors (Lipinski definition) is 1. The Morgan fingerprint density at radius 1 is 1.21 bits per heavy atom. The summed E-state index contributed by atoms with van der Waals surface area (Å²) in [7, 11) is 1.64. The van der Waals surface area contributed by atoms with Crippen molar-refractivity contribution in [3.63, 3.8) is 0 Å². The van der Waals surface area contributed by atoms with E-state index in [1.807, 2.05) is 24.3 Å². The van der Waals surface area contributed by atoms with Crippen LogP contribution >= 0.6 is 11.6 Å². The van der Waals surface area contributed by atoms with E-state index in [9.17, 15) is 9.59 Å². The largest absolute Gasteiger partial charge is 0.495 e. The minimum absolute atomic E-state index is 0.0308. The van der Waals surface area contributed by atoms with Gasteiger partial charge in [0.2, 0.25) is 5.91 Å². The quantitative estimate of drug-likeness (QED) is 0.815. The second kappa shape index (κ2) is 8.33. The molecule has 29 heavy (non-hydrogen) atoms.